The highest BCUT2D eigenvalue weighted by Gasteiger charge is 2.18. The predicted molar refractivity (Wildman–Crippen MR) is 69.8 cm³/mol. The van der Waals surface area contributed by atoms with Gasteiger partial charge in [-0.15, -0.1) is 0 Å². The number of hydrogen-bond acceptors (Lipinski definition) is 3. The van der Waals surface area contributed by atoms with Gasteiger partial charge in [-0.2, -0.15) is 0 Å². The number of aryl methyl sites for hydroxylation is 1. The van der Waals surface area contributed by atoms with Gasteiger partial charge in [-0.25, -0.2) is 4.79 Å². The Morgan fingerprint density at radius 1 is 1.42 bits per heavy atom. The number of carbonyl (C=O) groups excluding carboxylic acids is 1. The summed E-state index contributed by atoms with van der Waals surface area (Å²) in [5.41, 5.74) is 0.949. The molecule has 106 valence electrons. The molecule has 6 heteroatoms. The molecule has 0 atom stereocenters. The molecule has 0 unspecified atom stereocenters. The highest BCUT2D eigenvalue weighted by atomic mass is 16.4. The second-order valence-corrected chi connectivity index (χ2v) is 4.36. The summed E-state index contributed by atoms with van der Waals surface area (Å²) < 4.78 is 5.18. The molecular formula is C13H20N2O4. The first-order valence-electron chi connectivity index (χ1n) is 6.20. The SMILES string of the molecule is CCN(CCC(=O)O)C(=O)N(C)Cc1ccoc1C. The summed E-state index contributed by atoms with van der Waals surface area (Å²) in [5.74, 6) is -0.118. The van der Waals surface area contributed by atoms with Crippen molar-refractivity contribution in [2.45, 2.75) is 26.8 Å². The summed E-state index contributed by atoms with van der Waals surface area (Å²) >= 11 is 0. The van der Waals surface area contributed by atoms with Gasteiger partial charge in [-0.1, -0.05) is 0 Å². The zero-order valence-electron chi connectivity index (χ0n) is 11.5. The zero-order valence-corrected chi connectivity index (χ0v) is 11.5. The van der Waals surface area contributed by atoms with Crippen molar-refractivity contribution in [2.75, 3.05) is 20.1 Å². The van der Waals surface area contributed by atoms with Crippen LogP contribution >= 0.6 is 0 Å². The van der Waals surface area contributed by atoms with Crippen molar-refractivity contribution in [2.24, 2.45) is 0 Å². The zero-order chi connectivity index (χ0) is 14.4. The largest absolute Gasteiger partial charge is 0.481 e. The topological polar surface area (TPSA) is 74.0 Å². The van der Waals surface area contributed by atoms with E-state index >= 15 is 0 Å². The van der Waals surface area contributed by atoms with Gasteiger partial charge in [-0.3, -0.25) is 4.79 Å². The lowest BCUT2D eigenvalue weighted by atomic mass is 10.2. The van der Waals surface area contributed by atoms with Crippen LogP contribution in [0.15, 0.2) is 16.7 Å². The van der Waals surface area contributed by atoms with Crippen molar-refractivity contribution in [3.05, 3.63) is 23.7 Å². The number of carbonyl (C=O) groups is 2. The fourth-order valence-corrected chi connectivity index (χ4v) is 1.76. The summed E-state index contributed by atoms with van der Waals surface area (Å²) in [5, 5.41) is 8.66. The molecular weight excluding hydrogens is 248 g/mol. The lowest BCUT2D eigenvalue weighted by molar-refractivity contribution is -0.137. The van der Waals surface area contributed by atoms with Crippen molar-refractivity contribution in [1.29, 1.82) is 0 Å². The smallest absolute Gasteiger partial charge is 0.320 e. The van der Waals surface area contributed by atoms with Crippen LogP contribution in [0.1, 0.15) is 24.7 Å². The number of nitrogens with zero attached hydrogens (tertiary/aromatic N) is 2. The first-order valence-corrected chi connectivity index (χ1v) is 6.20. The predicted octanol–water partition coefficient (Wildman–Crippen LogP) is 1.94. The molecule has 0 radical (unpaired) electrons. The van der Waals surface area contributed by atoms with E-state index in [0.29, 0.717) is 13.1 Å². The minimum absolute atomic E-state index is 0.0435. The molecule has 0 aliphatic carbocycles. The third kappa shape index (κ3) is 4.31. The van der Waals surface area contributed by atoms with Crippen molar-refractivity contribution in [3.63, 3.8) is 0 Å². The normalized spacial score (nSPS) is 10.3. The fraction of sp³-hybridized carbons (Fsp3) is 0.538. The molecule has 0 aromatic carbocycles. The van der Waals surface area contributed by atoms with Crippen LogP contribution in [0.3, 0.4) is 0 Å². The van der Waals surface area contributed by atoms with Gasteiger partial charge in [0.1, 0.15) is 5.76 Å². The van der Waals surface area contributed by atoms with Crippen molar-refractivity contribution in [3.8, 4) is 0 Å². The van der Waals surface area contributed by atoms with Crippen LogP contribution in [0.25, 0.3) is 0 Å². The third-order valence-corrected chi connectivity index (χ3v) is 2.95. The number of hydrogen-bond donors (Lipinski definition) is 1. The summed E-state index contributed by atoms with van der Waals surface area (Å²) in [4.78, 5) is 25.8. The molecule has 1 rings (SSSR count). The van der Waals surface area contributed by atoms with Crippen LogP contribution in [0, 0.1) is 6.92 Å². The number of furan rings is 1. The molecule has 0 spiro atoms. The van der Waals surface area contributed by atoms with Crippen LogP contribution in [0.5, 0.6) is 0 Å². The Morgan fingerprint density at radius 2 is 2.11 bits per heavy atom. The van der Waals surface area contributed by atoms with Crippen molar-refractivity contribution < 1.29 is 19.1 Å². The number of amides is 2. The van der Waals surface area contributed by atoms with Crippen molar-refractivity contribution >= 4 is 12.0 Å². The number of aliphatic carboxylic acids is 1. The maximum Gasteiger partial charge on any atom is 0.320 e. The summed E-state index contributed by atoms with van der Waals surface area (Å²) in [6.45, 7) is 4.83. The van der Waals surface area contributed by atoms with Gasteiger partial charge in [0.05, 0.1) is 19.2 Å². The molecule has 1 heterocycles. The Labute approximate surface area is 112 Å². The van der Waals surface area contributed by atoms with Crippen molar-refractivity contribution in [1.82, 2.24) is 9.80 Å². The van der Waals surface area contributed by atoms with E-state index in [-0.39, 0.29) is 19.0 Å². The number of rotatable bonds is 6. The van der Waals surface area contributed by atoms with Crippen LogP contribution in [0.4, 0.5) is 4.79 Å². The van der Waals surface area contributed by atoms with Crippen LogP contribution in [0.2, 0.25) is 0 Å². The fourth-order valence-electron chi connectivity index (χ4n) is 1.76. The van der Waals surface area contributed by atoms with Gasteiger partial charge < -0.3 is 19.3 Å². The van der Waals surface area contributed by atoms with E-state index in [1.54, 1.807) is 18.2 Å². The first-order chi connectivity index (χ1) is 8.95. The Morgan fingerprint density at radius 3 is 2.58 bits per heavy atom. The Hall–Kier alpha value is -1.98. The van der Waals surface area contributed by atoms with Gasteiger partial charge in [0, 0.05) is 25.7 Å². The van der Waals surface area contributed by atoms with Gasteiger partial charge in [0.15, 0.2) is 0 Å². The van der Waals surface area contributed by atoms with E-state index in [1.165, 1.54) is 4.90 Å². The average molecular weight is 268 g/mol. The molecule has 2 amide bonds. The van der Waals surface area contributed by atoms with Crippen LogP contribution in [-0.4, -0.2) is 47.0 Å². The Balaban J connectivity index is 2.59. The quantitative estimate of drug-likeness (QED) is 0.855. The van der Waals surface area contributed by atoms with Gasteiger partial charge in [0.2, 0.25) is 0 Å². The molecule has 1 N–H and O–H groups in total. The molecule has 6 nitrogen and oxygen atoms in total. The standard InChI is InChI=1S/C13H20N2O4/c1-4-15(7-5-12(16)17)13(18)14(3)9-11-6-8-19-10(11)2/h6,8H,4-5,7,9H2,1-3H3,(H,16,17). The minimum atomic E-state index is -0.903. The van der Waals surface area contributed by atoms with E-state index in [1.807, 2.05) is 19.9 Å². The molecule has 1 aromatic heterocycles. The second kappa shape index (κ2) is 6.82. The molecule has 1 aromatic rings. The molecule has 0 saturated heterocycles. The molecule has 0 saturated carbocycles. The highest BCUT2D eigenvalue weighted by molar-refractivity contribution is 5.75. The average Bonchev–Trinajstić information content (AvgIpc) is 2.75. The van der Waals surface area contributed by atoms with Gasteiger partial charge in [-0.05, 0) is 19.9 Å². The number of urea groups is 1. The Bertz CT molecular complexity index is 442. The van der Waals surface area contributed by atoms with E-state index < -0.39 is 5.97 Å². The molecule has 19 heavy (non-hydrogen) atoms. The molecule has 0 bridgehead atoms. The lowest BCUT2D eigenvalue weighted by Crippen LogP contribution is -2.41. The highest BCUT2D eigenvalue weighted by Crippen LogP contribution is 2.12. The maximum atomic E-state index is 12.2. The van der Waals surface area contributed by atoms with E-state index in [0.717, 1.165) is 11.3 Å². The minimum Gasteiger partial charge on any atom is -0.481 e. The van der Waals surface area contributed by atoms with Crippen LogP contribution in [-0.2, 0) is 11.3 Å². The van der Waals surface area contributed by atoms with Gasteiger partial charge >= 0.3 is 12.0 Å². The number of carboxylic acids is 1. The summed E-state index contributed by atoms with van der Waals surface area (Å²) in [6.07, 6.45) is 1.54. The van der Waals surface area contributed by atoms with E-state index in [9.17, 15) is 9.59 Å². The summed E-state index contributed by atoms with van der Waals surface area (Å²) in [7, 11) is 1.69. The first kappa shape index (κ1) is 15.1. The second-order valence-electron chi connectivity index (χ2n) is 4.36. The van der Waals surface area contributed by atoms with Gasteiger partial charge in [0.25, 0.3) is 0 Å². The number of carboxylic acid groups (broad SMARTS) is 1. The third-order valence-electron chi connectivity index (χ3n) is 2.95. The molecule has 0 aliphatic rings. The maximum absolute atomic E-state index is 12.2. The monoisotopic (exact) mass is 268 g/mol. The summed E-state index contributed by atoms with van der Waals surface area (Å²) in [6, 6.07) is 1.65. The van der Waals surface area contributed by atoms with Crippen LogP contribution < -0.4 is 0 Å². The lowest BCUT2D eigenvalue weighted by Gasteiger charge is -2.26. The van der Waals surface area contributed by atoms with E-state index in [4.69, 9.17) is 9.52 Å². The Kier molecular flexibility index (Phi) is 5.41. The molecule has 0 aliphatic heterocycles. The molecule has 0 fully saturated rings. The van der Waals surface area contributed by atoms with E-state index in [2.05, 4.69) is 0 Å².